The Morgan fingerprint density at radius 1 is 0.724 bits per heavy atom. The minimum absolute atomic E-state index is 0.0136. The second kappa shape index (κ2) is 15.0. The Kier molecular flexibility index (Phi) is 9.52. The number of pyridine rings is 2. The van der Waals surface area contributed by atoms with E-state index < -0.39 is 0 Å². The molecule has 10 heteroatoms. The number of rotatable bonds is 8. The molecule has 0 bridgehead atoms. The zero-order chi connectivity index (χ0) is 39.5. The fourth-order valence-electron chi connectivity index (χ4n) is 8.83. The second-order valence-electron chi connectivity index (χ2n) is 15.0. The van der Waals surface area contributed by atoms with Crippen molar-refractivity contribution < 1.29 is 9.59 Å². The molecule has 10 rings (SSSR count). The predicted octanol–water partition coefficient (Wildman–Crippen LogP) is 11.6. The van der Waals surface area contributed by atoms with Crippen LogP contribution < -0.4 is 0 Å². The van der Waals surface area contributed by atoms with Crippen molar-refractivity contribution in [2.75, 3.05) is 13.1 Å². The zero-order valence-electron chi connectivity index (χ0n) is 31.8. The third-order valence-corrected chi connectivity index (χ3v) is 15.6. The fourth-order valence-corrected chi connectivity index (χ4v) is 13.2. The van der Waals surface area contributed by atoms with E-state index in [9.17, 15) is 9.59 Å². The Balaban J connectivity index is 0.948. The number of aromatic nitrogens is 2. The summed E-state index contributed by atoms with van der Waals surface area (Å²) in [4.78, 5) is 47.8. The van der Waals surface area contributed by atoms with Crippen LogP contribution in [-0.2, 0) is 29.1 Å². The number of hydrogen-bond donors (Lipinski definition) is 0. The van der Waals surface area contributed by atoms with Gasteiger partial charge in [-0.1, -0.05) is 61.7 Å². The minimum Gasteiger partial charge on any atom is -0.333 e. The standard InChI is InChI=1S/C48H38N4O2S4/c1-4-45(53)51-24-41(35-13-15-55-46(35)39-22-49-20-30-9-5-7-11-33(30)39)38-19-32(58-44(38)26-51)17-28(2)48(54)52-25-42(37-18-29(3)57-43(37)27-52)36-14-16-56-47(36)40-23-50-21-31-10-6-8-12-34(31)40/h4-16,18-23,41-42H,1-2,17,24-27H2,3H3/t41-,42+/m0/s1. The maximum absolute atomic E-state index is 14.5. The van der Waals surface area contributed by atoms with Crippen molar-refractivity contribution in [3.05, 3.63) is 175 Å². The summed E-state index contributed by atoms with van der Waals surface area (Å²) in [5.74, 6) is -0.102. The molecule has 0 radical (unpaired) electrons. The van der Waals surface area contributed by atoms with Crippen LogP contribution in [0.2, 0.25) is 0 Å². The predicted molar refractivity (Wildman–Crippen MR) is 241 cm³/mol. The highest BCUT2D eigenvalue weighted by Crippen LogP contribution is 2.47. The molecular formula is C48H38N4O2S4. The van der Waals surface area contributed by atoms with Crippen molar-refractivity contribution in [2.24, 2.45) is 0 Å². The molecule has 2 aliphatic heterocycles. The highest BCUT2D eigenvalue weighted by Gasteiger charge is 2.35. The zero-order valence-corrected chi connectivity index (χ0v) is 35.1. The van der Waals surface area contributed by atoms with Gasteiger partial charge in [0, 0.05) is 113 Å². The first kappa shape index (κ1) is 36.8. The summed E-state index contributed by atoms with van der Waals surface area (Å²) in [6.07, 6.45) is 9.61. The van der Waals surface area contributed by atoms with Gasteiger partial charge in [0.1, 0.15) is 0 Å². The first-order valence-corrected chi connectivity index (χ1v) is 22.6. The van der Waals surface area contributed by atoms with Gasteiger partial charge in [0.25, 0.3) is 0 Å². The maximum Gasteiger partial charge on any atom is 0.249 e. The van der Waals surface area contributed by atoms with Crippen LogP contribution in [0.4, 0.5) is 0 Å². The van der Waals surface area contributed by atoms with Gasteiger partial charge in [-0.3, -0.25) is 19.6 Å². The van der Waals surface area contributed by atoms with E-state index in [0.29, 0.717) is 38.2 Å². The number of carbonyl (C=O) groups is 2. The summed E-state index contributed by atoms with van der Waals surface area (Å²) in [6.45, 7) is 12.6. The normalized spacial score (nSPS) is 16.4. The molecule has 0 spiro atoms. The Bertz CT molecular complexity index is 2920. The van der Waals surface area contributed by atoms with E-state index in [1.807, 2.05) is 46.7 Å². The molecule has 0 saturated carbocycles. The van der Waals surface area contributed by atoms with Crippen molar-refractivity contribution >= 4 is 78.7 Å². The van der Waals surface area contributed by atoms with Crippen molar-refractivity contribution in [1.29, 1.82) is 0 Å². The van der Waals surface area contributed by atoms with Crippen LogP contribution in [0, 0.1) is 6.92 Å². The van der Waals surface area contributed by atoms with Crippen LogP contribution in [0.5, 0.6) is 0 Å². The van der Waals surface area contributed by atoms with Gasteiger partial charge in [0.2, 0.25) is 11.8 Å². The van der Waals surface area contributed by atoms with Crippen molar-refractivity contribution in [2.45, 2.75) is 38.3 Å². The van der Waals surface area contributed by atoms with Gasteiger partial charge in [-0.25, -0.2) is 0 Å². The highest BCUT2D eigenvalue weighted by atomic mass is 32.1. The lowest BCUT2D eigenvalue weighted by atomic mass is 9.86. The van der Waals surface area contributed by atoms with Crippen LogP contribution in [0.1, 0.15) is 53.6 Å². The molecule has 0 unspecified atom stereocenters. The van der Waals surface area contributed by atoms with Gasteiger partial charge in [-0.05, 0) is 81.1 Å². The smallest absolute Gasteiger partial charge is 0.249 e. The molecule has 58 heavy (non-hydrogen) atoms. The summed E-state index contributed by atoms with van der Waals surface area (Å²) in [6, 6.07) is 25.7. The molecule has 8 heterocycles. The Morgan fingerprint density at radius 3 is 1.90 bits per heavy atom. The molecule has 6 aromatic heterocycles. The van der Waals surface area contributed by atoms with Gasteiger partial charge < -0.3 is 9.80 Å². The lowest BCUT2D eigenvalue weighted by Gasteiger charge is -2.34. The molecule has 2 aromatic carbocycles. The molecule has 8 aromatic rings. The van der Waals surface area contributed by atoms with Crippen LogP contribution >= 0.6 is 45.3 Å². The molecule has 6 nitrogen and oxygen atoms in total. The summed E-state index contributed by atoms with van der Waals surface area (Å²) in [5, 5.41) is 8.84. The average molecular weight is 831 g/mol. The van der Waals surface area contributed by atoms with Crippen LogP contribution in [0.3, 0.4) is 0 Å². The molecule has 0 aliphatic carbocycles. The number of aryl methyl sites for hydroxylation is 1. The average Bonchev–Trinajstić information content (AvgIpc) is 4.08. The summed E-state index contributed by atoms with van der Waals surface area (Å²) in [5.41, 5.74) is 7.73. The molecule has 0 fully saturated rings. The highest BCUT2D eigenvalue weighted by molar-refractivity contribution is 7.14. The third-order valence-electron chi connectivity index (χ3n) is 11.5. The topological polar surface area (TPSA) is 66.4 Å². The molecule has 0 N–H and O–H groups in total. The lowest BCUT2D eigenvalue weighted by Crippen LogP contribution is -2.38. The van der Waals surface area contributed by atoms with E-state index in [2.05, 4.69) is 101 Å². The van der Waals surface area contributed by atoms with Crippen molar-refractivity contribution in [3.63, 3.8) is 0 Å². The molecular weight excluding hydrogens is 793 g/mol. The van der Waals surface area contributed by atoms with Crippen LogP contribution in [0.15, 0.2) is 133 Å². The monoisotopic (exact) mass is 830 g/mol. The summed E-state index contributed by atoms with van der Waals surface area (Å²) >= 11 is 6.91. The number of hydrogen-bond acceptors (Lipinski definition) is 8. The second-order valence-corrected chi connectivity index (χ2v) is 19.4. The SMILES string of the molecule is C=CC(=O)N1Cc2sc(CC(=C)C(=O)N3Cc4sc(C)cc4[C@@H](c4ccsc4-c4cncc5ccccc45)C3)cc2[C@H](c2ccsc2-c2cncc3ccccc23)C1. The lowest BCUT2D eigenvalue weighted by molar-refractivity contribution is -0.128. The van der Waals surface area contributed by atoms with Crippen LogP contribution in [0.25, 0.3) is 42.4 Å². The van der Waals surface area contributed by atoms with E-state index in [1.54, 1.807) is 45.3 Å². The Hall–Kier alpha value is -5.52. The van der Waals surface area contributed by atoms with E-state index in [0.717, 1.165) is 41.9 Å². The number of carbonyl (C=O) groups excluding carboxylic acids is 2. The largest absolute Gasteiger partial charge is 0.333 e. The summed E-state index contributed by atoms with van der Waals surface area (Å²) < 4.78 is 0. The van der Waals surface area contributed by atoms with Gasteiger partial charge in [0.15, 0.2) is 0 Å². The van der Waals surface area contributed by atoms with Gasteiger partial charge >= 0.3 is 0 Å². The van der Waals surface area contributed by atoms with E-state index in [4.69, 9.17) is 0 Å². The first-order valence-electron chi connectivity index (χ1n) is 19.2. The van der Waals surface area contributed by atoms with Gasteiger partial charge in [0.05, 0.1) is 13.1 Å². The quantitative estimate of drug-likeness (QED) is 0.143. The Labute approximate surface area is 353 Å². The molecule has 2 atom stereocenters. The fraction of sp³-hybridized carbons (Fsp3) is 0.167. The van der Waals surface area contributed by atoms with Gasteiger partial charge in [-0.2, -0.15) is 0 Å². The van der Waals surface area contributed by atoms with Gasteiger partial charge in [-0.15, -0.1) is 45.3 Å². The number of amides is 2. The minimum atomic E-state index is -0.0814. The Morgan fingerprint density at radius 2 is 1.28 bits per heavy atom. The number of thiophene rings is 4. The molecule has 2 aliphatic rings. The number of nitrogens with zero attached hydrogens (tertiary/aromatic N) is 4. The third kappa shape index (κ3) is 6.44. The molecule has 0 saturated heterocycles. The first-order chi connectivity index (χ1) is 28.3. The number of fused-ring (bicyclic) bond motifs is 4. The maximum atomic E-state index is 14.5. The van der Waals surface area contributed by atoms with E-state index >= 15 is 0 Å². The number of benzene rings is 2. The molecule has 2 amide bonds. The molecule has 286 valence electrons. The van der Waals surface area contributed by atoms with Crippen molar-refractivity contribution in [1.82, 2.24) is 19.8 Å². The summed E-state index contributed by atoms with van der Waals surface area (Å²) in [7, 11) is 0. The van der Waals surface area contributed by atoms with Crippen LogP contribution in [-0.4, -0.2) is 44.7 Å². The van der Waals surface area contributed by atoms with E-state index in [1.165, 1.54) is 48.3 Å². The van der Waals surface area contributed by atoms with E-state index in [-0.39, 0.29) is 23.7 Å². The van der Waals surface area contributed by atoms with Crippen molar-refractivity contribution in [3.8, 4) is 20.9 Å².